The summed E-state index contributed by atoms with van der Waals surface area (Å²) in [4.78, 5) is 21.7. The molecule has 0 saturated heterocycles. The highest BCUT2D eigenvalue weighted by atomic mass is 16.5. The van der Waals surface area contributed by atoms with Gasteiger partial charge in [-0.3, -0.25) is 14.5 Å². The van der Waals surface area contributed by atoms with Gasteiger partial charge in [0.05, 0.1) is 6.10 Å². The standard InChI is InChI=1S/C33H36N4O3/c1-5-9-30-25(21-37(31(6-2)34-30)26-16-18-27(19-17-26)39-22(3)4)20-23-12-14-24(15-13-23)28-10-7-8-11-29(28)32-35-33(38)40-36-32/h7-8,10-19,21-22,31H,5-6,9,20H2,1-4H3,(H,35,36,38). The molecule has 7 heteroatoms. The van der Waals surface area contributed by atoms with Crippen LogP contribution in [0.5, 0.6) is 5.75 Å². The van der Waals surface area contributed by atoms with Gasteiger partial charge < -0.3 is 9.64 Å². The van der Waals surface area contributed by atoms with Crippen molar-refractivity contribution >= 4 is 11.4 Å². The number of nitrogens with zero attached hydrogens (tertiary/aromatic N) is 3. The van der Waals surface area contributed by atoms with E-state index in [0.29, 0.717) is 5.82 Å². The third-order valence-corrected chi connectivity index (χ3v) is 6.93. The first-order chi connectivity index (χ1) is 19.4. The molecule has 5 rings (SSSR count). The lowest BCUT2D eigenvalue weighted by Crippen LogP contribution is -2.34. The molecule has 0 spiro atoms. The maximum absolute atomic E-state index is 11.5. The number of rotatable bonds is 10. The summed E-state index contributed by atoms with van der Waals surface area (Å²) in [7, 11) is 0. The van der Waals surface area contributed by atoms with E-state index in [1.165, 1.54) is 16.8 Å². The van der Waals surface area contributed by atoms with Gasteiger partial charge in [0.25, 0.3) is 0 Å². The van der Waals surface area contributed by atoms with Crippen LogP contribution in [0, 0.1) is 0 Å². The topological polar surface area (TPSA) is 83.7 Å². The number of hydrogen-bond acceptors (Lipinski definition) is 6. The Morgan fingerprint density at radius 3 is 2.33 bits per heavy atom. The molecule has 0 radical (unpaired) electrons. The van der Waals surface area contributed by atoms with Gasteiger partial charge in [0.2, 0.25) is 0 Å². The number of aromatic amines is 1. The van der Waals surface area contributed by atoms with Crippen LogP contribution in [0.15, 0.2) is 98.9 Å². The molecule has 1 aliphatic heterocycles. The Bertz CT molecular complexity index is 1550. The number of benzene rings is 3. The second kappa shape index (κ2) is 12.2. The lowest BCUT2D eigenvalue weighted by Gasteiger charge is -2.33. The quantitative estimate of drug-likeness (QED) is 0.228. The Balaban J connectivity index is 1.41. The van der Waals surface area contributed by atoms with E-state index in [4.69, 9.17) is 14.3 Å². The van der Waals surface area contributed by atoms with E-state index in [1.54, 1.807) is 0 Å². The molecular formula is C33H36N4O3. The zero-order chi connectivity index (χ0) is 28.1. The average Bonchev–Trinajstić information content (AvgIpc) is 3.40. The van der Waals surface area contributed by atoms with E-state index < -0.39 is 5.76 Å². The smallest absolute Gasteiger partial charge is 0.439 e. The van der Waals surface area contributed by atoms with Gasteiger partial charge >= 0.3 is 5.76 Å². The second-order valence-electron chi connectivity index (χ2n) is 10.3. The minimum Gasteiger partial charge on any atom is -0.491 e. The Labute approximate surface area is 235 Å². The van der Waals surface area contributed by atoms with Crippen molar-refractivity contribution in [2.75, 3.05) is 4.90 Å². The largest absolute Gasteiger partial charge is 0.491 e. The summed E-state index contributed by atoms with van der Waals surface area (Å²) < 4.78 is 10.6. The van der Waals surface area contributed by atoms with Crippen molar-refractivity contribution in [2.45, 2.75) is 65.6 Å². The first kappa shape index (κ1) is 27.2. The van der Waals surface area contributed by atoms with Crippen molar-refractivity contribution in [1.29, 1.82) is 0 Å². The first-order valence-electron chi connectivity index (χ1n) is 14.0. The number of H-pyrrole nitrogens is 1. The maximum Gasteiger partial charge on any atom is 0.439 e. The fourth-order valence-electron chi connectivity index (χ4n) is 5.08. The van der Waals surface area contributed by atoms with Crippen LogP contribution in [0.2, 0.25) is 0 Å². The van der Waals surface area contributed by atoms with Crippen LogP contribution in [-0.4, -0.2) is 28.1 Å². The van der Waals surface area contributed by atoms with Gasteiger partial charge in [-0.05, 0) is 73.2 Å². The van der Waals surface area contributed by atoms with E-state index >= 15 is 0 Å². The van der Waals surface area contributed by atoms with Crippen LogP contribution in [0.4, 0.5) is 5.69 Å². The molecule has 0 aliphatic carbocycles. The van der Waals surface area contributed by atoms with Gasteiger partial charge in [-0.15, -0.1) is 0 Å². The summed E-state index contributed by atoms with van der Waals surface area (Å²) in [5.74, 6) is 0.733. The van der Waals surface area contributed by atoms with Crippen LogP contribution < -0.4 is 15.4 Å². The molecule has 1 N–H and O–H groups in total. The third-order valence-electron chi connectivity index (χ3n) is 6.93. The Morgan fingerprint density at radius 1 is 0.975 bits per heavy atom. The fraction of sp³-hybridized carbons (Fsp3) is 0.303. The van der Waals surface area contributed by atoms with Crippen LogP contribution >= 0.6 is 0 Å². The van der Waals surface area contributed by atoms with E-state index in [-0.39, 0.29) is 12.3 Å². The molecule has 7 nitrogen and oxygen atoms in total. The molecule has 4 aromatic rings. The van der Waals surface area contributed by atoms with Crippen LogP contribution in [0.1, 0.15) is 52.5 Å². The lowest BCUT2D eigenvalue weighted by atomic mass is 9.94. The summed E-state index contributed by atoms with van der Waals surface area (Å²) in [6.07, 6.45) is 6.22. The third kappa shape index (κ3) is 6.09. The van der Waals surface area contributed by atoms with Crippen LogP contribution in [-0.2, 0) is 6.42 Å². The van der Waals surface area contributed by atoms with Gasteiger partial charge in [0.1, 0.15) is 11.9 Å². The van der Waals surface area contributed by atoms with Gasteiger partial charge in [0.15, 0.2) is 5.82 Å². The highest BCUT2D eigenvalue weighted by molar-refractivity contribution is 6.02. The molecule has 1 unspecified atom stereocenters. The van der Waals surface area contributed by atoms with Crippen molar-refractivity contribution < 1.29 is 9.26 Å². The molecule has 0 fully saturated rings. The molecule has 206 valence electrons. The molecule has 40 heavy (non-hydrogen) atoms. The molecule has 1 aromatic heterocycles. The minimum absolute atomic E-state index is 0.0732. The number of allylic oxidation sites excluding steroid dienone is 1. The summed E-state index contributed by atoms with van der Waals surface area (Å²) in [6.45, 7) is 8.46. The Hall–Kier alpha value is -4.39. The monoisotopic (exact) mass is 536 g/mol. The highest BCUT2D eigenvalue weighted by Gasteiger charge is 2.23. The van der Waals surface area contributed by atoms with Crippen LogP contribution in [0.3, 0.4) is 0 Å². The van der Waals surface area contributed by atoms with Gasteiger partial charge in [0, 0.05) is 29.6 Å². The predicted octanol–water partition coefficient (Wildman–Crippen LogP) is 7.41. The maximum atomic E-state index is 11.5. The number of nitrogens with one attached hydrogen (secondary N) is 1. The number of hydrogen-bond donors (Lipinski definition) is 1. The number of aromatic nitrogens is 2. The molecule has 3 aromatic carbocycles. The van der Waals surface area contributed by atoms with Crippen molar-refractivity contribution in [3.63, 3.8) is 0 Å². The van der Waals surface area contributed by atoms with Gasteiger partial charge in [-0.2, -0.15) is 0 Å². The van der Waals surface area contributed by atoms with E-state index in [9.17, 15) is 4.79 Å². The summed E-state index contributed by atoms with van der Waals surface area (Å²) in [5, 5.41) is 3.88. The summed E-state index contributed by atoms with van der Waals surface area (Å²) >= 11 is 0. The van der Waals surface area contributed by atoms with E-state index in [0.717, 1.165) is 53.8 Å². The first-order valence-corrected chi connectivity index (χ1v) is 14.0. The zero-order valence-electron chi connectivity index (χ0n) is 23.6. The number of anilines is 1. The molecular weight excluding hydrogens is 500 g/mol. The summed E-state index contributed by atoms with van der Waals surface area (Å²) in [5.41, 5.74) is 7.58. The second-order valence-corrected chi connectivity index (χ2v) is 10.3. The van der Waals surface area contributed by atoms with E-state index in [1.807, 2.05) is 50.2 Å². The number of ether oxygens (including phenoxy) is 1. The molecule has 0 amide bonds. The van der Waals surface area contributed by atoms with Crippen LogP contribution in [0.25, 0.3) is 22.5 Å². The number of aliphatic imine (C=N–C) groups is 1. The minimum atomic E-state index is -0.565. The fourth-order valence-corrected chi connectivity index (χ4v) is 5.08. The van der Waals surface area contributed by atoms with Gasteiger partial charge in [-0.25, -0.2) is 4.79 Å². The summed E-state index contributed by atoms with van der Waals surface area (Å²) in [6, 6.07) is 24.7. The SMILES string of the molecule is CCCC1=NC(CC)N(c2ccc(OC(C)C)cc2)C=C1Cc1ccc(-c2ccccc2-c2noc(=O)[nH]2)cc1. The predicted molar refractivity (Wildman–Crippen MR) is 161 cm³/mol. The van der Waals surface area contributed by atoms with Crippen molar-refractivity contribution in [3.05, 3.63) is 101 Å². The normalized spacial score (nSPS) is 15.2. The molecule has 0 saturated carbocycles. The average molecular weight is 537 g/mol. The molecule has 2 heterocycles. The van der Waals surface area contributed by atoms with Crippen molar-refractivity contribution in [3.8, 4) is 28.3 Å². The van der Waals surface area contributed by atoms with Crippen molar-refractivity contribution in [2.24, 2.45) is 4.99 Å². The Kier molecular flexibility index (Phi) is 8.29. The van der Waals surface area contributed by atoms with E-state index in [2.05, 4.69) is 71.5 Å². The molecule has 1 atom stereocenters. The van der Waals surface area contributed by atoms with Gasteiger partial charge in [-0.1, -0.05) is 74.0 Å². The highest BCUT2D eigenvalue weighted by Crippen LogP contribution is 2.32. The van der Waals surface area contributed by atoms with Crippen molar-refractivity contribution in [1.82, 2.24) is 10.1 Å². The molecule has 1 aliphatic rings. The Morgan fingerprint density at radius 2 is 1.70 bits per heavy atom. The molecule has 0 bridgehead atoms. The lowest BCUT2D eigenvalue weighted by molar-refractivity contribution is 0.242. The zero-order valence-corrected chi connectivity index (χ0v) is 23.6.